The van der Waals surface area contributed by atoms with E-state index in [0.717, 1.165) is 47.8 Å². The van der Waals surface area contributed by atoms with E-state index in [0.29, 0.717) is 11.1 Å². The monoisotopic (exact) mass is 471 g/mol. The van der Waals surface area contributed by atoms with E-state index >= 15 is 0 Å². The number of halogens is 1. The molecule has 1 saturated carbocycles. The molecule has 1 aliphatic rings. The van der Waals surface area contributed by atoms with Gasteiger partial charge in [-0.3, -0.25) is 9.78 Å². The maximum atomic E-state index is 12.4. The second-order valence-corrected chi connectivity index (χ2v) is 10.8. The summed E-state index contributed by atoms with van der Waals surface area (Å²) in [5.41, 5.74) is 2.72. The number of benzene rings is 2. The number of sulfone groups is 1. The van der Waals surface area contributed by atoms with Gasteiger partial charge < -0.3 is 10.6 Å². The number of carbonyl (C=O) groups is 1. The number of nitrogens with one attached hydrogen (secondary N) is 2. The average molecular weight is 472 g/mol. The highest BCUT2D eigenvalue weighted by Gasteiger charge is 2.23. The van der Waals surface area contributed by atoms with Crippen molar-refractivity contribution in [2.24, 2.45) is 0 Å². The SMILES string of the molecule is CS(=O)(=O)c1ccc(CC(=O)NC2CCC(Nc3ccnc4cc(Cl)ccc34)CC2)cc1. The first-order valence-electron chi connectivity index (χ1n) is 10.7. The third-order valence-electron chi connectivity index (χ3n) is 5.87. The molecule has 1 fully saturated rings. The summed E-state index contributed by atoms with van der Waals surface area (Å²) >= 11 is 6.08. The van der Waals surface area contributed by atoms with Crippen molar-refractivity contribution < 1.29 is 13.2 Å². The van der Waals surface area contributed by atoms with Crippen molar-refractivity contribution in [2.75, 3.05) is 11.6 Å². The zero-order valence-electron chi connectivity index (χ0n) is 17.8. The van der Waals surface area contributed by atoms with Crippen molar-refractivity contribution in [3.8, 4) is 0 Å². The van der Waals surface area contributed by atoms with E-state index in [4.69, 9.17) is 11.6 Å². The Bertz CT molecular complexity index is 1220. The molecule has 0 saturated heterocycles. The normalized spacial score (nSPS) is 18.9. The van der Waals surface area contributed by atoms with Crippen LogP contribution in [-0.2, 0) is 21.1 Å². The number of pyridine rings is 1. The summed E-state index contributed by atoms with van der Waals surface area (Å²) in [6, 6.07) is 14.7. The number of nitrogens with zero attached hydrogens (tertiary/aromatic N) is 1. The first-order chi connectivity index (χ1) is 15.3. The molecule has 0 unspecified atom stereocenters. The fourth-order valence-electron chi connectivity index (χ4n) is 4.17. The van der Waals surface area contributed by atoms with Crippen LogP contribution < -0.4 is 10.6 Å². The van der Waals surface area contributed by atoms with Crippen LogP contribution in [0.15, 0.2) is 59.6 Å². The summed E-state index contributed by atoms with van der Waals surface area (Å²) in [4.78, 5) is 17.1. The van der Waals surface area contributed by atoms with Crippen molar-refractivity contribution in [3.63, 3.8) is 0 Å². The van der Waals surface area contributed by atoms with Crippen LogP contribution in [0, 0.1) is 0 Å². The topological polar surface area (TPSA) is 88.2 Å². The minimum Gasteiger partial charge on any atom is -0.382 e. The number of fused-ring (bicyclic) bond motifs is 1. The highest BCUT2D eigenvalue weighted by molar-refractivity contribution is 7.90. The van der Waals surface area contributed by atoms with Gasteiger partial charge in [0.1, 0.15) is 0 Å². The van der Waals surface area contributed by atoms with E-state index < -0.39 is 9.84 Å². The predicted molar refractivity (Wildman–Crippen MR) is 128 cm³/mol. The second kappa shape index (κ2) is 9.46. The summed E-state index contributed by atoms with van der Waals surface area (Å²) < 4.78 is 23.1. The molecule has 6 nitrogen and oxygen atoms in total. The van der Waals surface area contributed by atoms with Gasteiger partial charge in [0.2, 0.25) is 5.91 Å². The van der Waals surface area contributed by atoms with Crippen LogP contribution in [0.2, 0.25) is 5.02 Å². The fourth-order valence-corrected chi connectivity index (χ4v) is 4.96. The minimum absolute atomic E-state index is 0.0366. The van der Waals surface area contributed by atoms with Crippen LogP contribution in [0.25, 0.3) is 10.9 Å². The van der Waals surface area contributed by atoms with Gasteiger partial charge in [0.05, 0.1) is 16.8 Å². The molecule has 0 atom stereocenters. The lowest BCUT2D eigenvalue weighted by atomic mass is 9.90. The van der Waals surface area contributed by atoms with E-state index in [-0.39, 0.29) is 23.3 Å². The van der Waals surface area contributed by atoms with E-state index in [9.17, 15) is 13.2 Å². The Balaban J connectivity index is 1.28. The largest absolute Gasteiger partial charge is 0.382 e. The zero-order chi connectivity index (χ0) is 22.7. The third-order valence-corrected chi connectivity index (χ3v) is 7.24. The number of carbonyl (C=O) groups excluding carboxylic acids is 1. The number of hydrogen-bond donors (Lipinski definition) is 2. The van der Waals surface area contributed by atoms with Gasteiger partial charge in [0.15, 0.2) is 9.84 Å². The van der Waals surface area contributed by atoms with Gasteiger partial charge in [-0.25, -0.2) is 8.42 Å². The van der Waals surface area contributed by atoms with Gasteiger partial charge in [-0.1, -0.05) is 23.7 Å². The maximum Gasteiger partial charge on any atom is 0.224 e. The standard InChI is InChI=1S/C24H26ClN3O3S/c1-32(30,31)20-9-2-16(3-10-20)14-24(29)28-19-7-5-18(6-8-19)27-22-12-13-26-23-15-17(25)4-11-21(22)23/h2-4,9-13,15,18-19H,5-8,14H2,1H3,(H,26,27)(H,28,29). The lowest BCUT2D eigenvalue weighted by Crippen LogP contribution is -2.40. The molecule has 1 amide bonds. The smallest absolute Gasteiger partial charge is 0.224 e. The average Bonchev–Trinajstić information content (AvgIpc) is 2.75. The van der Waals surface area contributed by atoms with E-state index in [2.05, 4.69) is 15.6 Å². The van der Waals surface area contributed by atoms with Gasteiger partial charge in [0, 0.05) is 40.6 Å². The van der Waals surface area contributed by atoms with Gasteiger partial charge >= 0.3 is 0 Å². The summed E-state index contributed by atoms with van der Waals surface area (Å²) in [5.74, 6) is -0.0366. The van der Waals surface area contributed by atoms with Crippen molar-refractivity contribution in [2.45, 2.75) is 49.1 Å². The molecule has 0 aliphatic heterocycles. The van der Waals surface area contributed by atoms with Crippen LogP contribution in [0.1, 0.15) is 31.2 Å². The fraction of sp³-hybridized carbons (Fsp3) is 0.333. The van der Waals surface area contributed by atoms with Crippen LogP contribution in [0.4, 0.5) is 5.69 Å². The molecule has 2 N–H and O–H groups in total. The third kappa shape index (κ3) is 5.58. The molecule has 2 aromatic carbocycles. The van der Waals surface area contributed by atoms with Crippen molar-refractivity contribution in [3.05, 3.63) is 65.3 Å². The Labute approximate surface area is 193 Å². The highest BCUT2D eigenvalue weighted by atomic mass is 35.5. The molecule has 1 heterocycles. The van der Waals surface area contributed by atoms with Gasteiger partial charge in [-0.15, -0.1) is 0 Å². The van der Waals surface area contributed by atoms with Crippen molar-refractivity contribution >= 4 is 43.9 Å². The molecule has 168 valence electrons. The molecule has 1 aliphatic carbocycles. The predicted octanol–water partition coefficient (Wildman–Crippen LogP) is 4.37. The quantitative estimate of drug-likeness (QED) is 0.557. The molecule has 32 heavy (non-hydrogen) atoms. The first-order valence-corrected chi connectivity index (χ1v) is 12.9. The van der Waals surface area contributed by atoms with Gasteiger partial charge in [0.25, 0.3) is 0 Å². The minimum atomic E-state index is -3.23. The lowest BCUT2D eigenvalue weighted by molar-refractivity contribution is -0.121. The van der Waals surface area contributed by atoms with Gasteiger partial charge in [-0.2, -0.15) is 0 Å². The molecule has 4 rings (SSSR count). The number of rotatable bonds is 6. The van der Waals surface area contributed by atoms with E-state index in [1.807, 2.05) is 24.3 Å². The zero-order valence-corrected chi connectivity index (χ0v) is 19.4. The molecular weight excluding hydrogens is 446 g/mol. The van der Waals surface area contributed by atoms with Crippen molar-refractivity contribution in [1.82, 2.24) is 10.3 Å². The Kier molecular flexibility index (Phi) is 6.67. The Morgan fingerprint density at radius 3 is 2.41 bits per heavy atom. The second-order valence-electron chi connectivity index (χ2n) is 8.37. The molecular formula is C24H26ClN3O3S. The Hall–Kier alpha value is -2.64. The molecule has 0 spiro atoms. The van der Waals surface area contributed by atoms with Crippen LogP contribution >= 0.6 is 11.6 Å². The van der Waals surface area contributed by atoms with E-state index in [1.165, 1.54) is 6.26 Å². The first kappa shape index (κ1) is 22.6. The summed E-state index contributed by atoms with van der Waals surface area (Å²) in [7, 11) is -3.23. The maximum absolute atomic E-state index is 12.4. The number of aromatic nitrogens is 1. The Morgan fingerprint density at radius 2 is 1.72 bits per heavy atom. The molecule has 0 bridgehead atoms. The Morgan fingerprint density at radius 1 is 1.03 bits per heavy atom. The molecule has 3 aromatic rings. The van der Waals surface area contributed by atoms with Crippen molar-refractivity contribution in [1.29, 1.82) is 0 Å². The van der Waals surface area contributed by atoms with Crippen LogP contribution in [0.3, 0.4) is 0 Å². The summed E-state index contributed by atoms with van der Waals surface area (Å²) in [6.07, 6.45) is 6.95. The highest BCUT2D eigenvalue weighted by Crippen LogP contribution is 2.28. The number of anilines is 1. The lowest BCUT2D eigenvalue weighted by Gasteiger charge is -2.30. The van der Waals surface area contributed by atoms with Gasteiger partial charge in [-0.05, 0) is 67.6 Å². The van der Waals surface area contributed by atoms with Crippen LogP contribution in [0.5, 0.6) is 0 Å². The molecule has 1 aromatic heterocycles. The summed E-state index contributed by atoms with van der Waals surface area (Å²) in [6.45, 7) is 0. The molecule has 8 heteroatoms. The van der Waals surface area contributed by atoms with E-state index in [1.54, 1.807) is 30.5 Å². The number of amides is 1. The number of hydrogen-bond acceptors (Lipinski definition) is 5. The van der Waals surface area contributed by atoms with Crippen LogP contribution in [-0.4, -0.2) is 37.6 Å². The molecule has 0 radical (unpaired) electrons. The summed E-state index contributed by atoms with van der Waals surface area (Å²) in [5, 5.41) is 8.47.